The van der Waals surface area contributed by atoms with Crippen molar-refractivity contribution in [2.24, 2.45) is 0 Å². The van der Waals surface area contributed by atoms with E-state index >= 15 is 0 Å². The summed E-state index contributed by atoms with van der Waals surface area (Å²) in [5.74, 6) is 0.228. The molecule has 0 nitrogen and oxygen atoms in total. The van der Waals surface area contributed by atoms with Gasteiger partial charge in [0.1, 0.15) is 0 Å². The topological polar surface area (TPSA) is 0 Å². The van der Waals surface area contributed by atoms with E-state index in [2.05, 4.69) is 108 Å². The molecule has 3 aromatic rings. The Balaban J connectivity index is 2.04. The van der Waals surface area contributed by atoms with Crippen LogP contribution in [0.4, 0.5) is 0 Å². The fraction of sp³-hybridized carbons (Fsp3) is 0.0909. The third kappa shape index (κ3) is 4.00. The van der Waals surface area contributed by atoms with E-state index in [0.717, 1.165) is 4.48 Å². The molecule has 0 N–H and O–H groups in total. The van der Waals surface area contributed by atoms with Gasteiger partial charge in [0.05, 0.1) is 0 Å². The van der Waals surface area contributed by atoms with Gasteiger partial charge in [0.2, 0.25) is 0 Å². The molecule has 0 saturated heterocycles. The van der Waals surface area contributed by atoms with Crippen LogP contribution in [0.1, 0.15) is 28.2 Å². The van der Waals surface area contributed by atoms with Crippen LogP contribution < -0.4 is 0 Å². The highest BCUT2D eigenvalue weighted by atomic mass is 79.9. The maximum atomic E-state index is 3.76. The molecule has 0 radical (unpaired) electrons. The first-order chi connectivity index (χ1) is 11.2. The average Bonchev–Trinajstić information content (AvgIpc) is 2.62. The highest BCUT2D eigenvalue weighted by Gasteiger charge is 2.12. The first-order valence-corrected chi connectivity index (χ1v) is 8.57. The van der Waals surface area contributed by atoms with Crippen molar-refractivity contribution >= 4 is 20.4 Å². The molecule has 0 fully saturated rings. The van der Waals surface area contributed by atoms with Crippen LogP contribution in [0.2, 0.25) is 0 Å². The largest absolute Gasteiger partial charge is 0.0622 e. The molecular formula is C22H19Br. The van der Waals surface area contributed by atoms with Crippen molar-refractivity contribution in [3.05, 3.63) is 113 Å². The van der Waals surface area contributed by atoms with E-state index in [1.807, 2.05) is 6.07 Å². The fourth-order valence-electron chi connectivity index (χ4n) is 2.66. The molecule has 0 spiro atoms. The van der Waals surface area contributed by atoms with Gasteiger partial charge in [0.25, 0.3) is 0 Å². The number of halogens is 1. The van der Waals surface area contributed by atoms with Crippen LogP contribution in [-0.4, -0.2) is 0 Å². The Morgan fingerprint density at radius 1 is 0.739 bits per heavy atom. The highest BCUT2D eigenvalue weighted by molar-refractivity contribution is 9.15. The minimum absolute atomic E-state index is 0.228. The lowest BCUT2D eigenvalue weighted by atomic mass is 9.90. The summed E-state index contributed by atoms with van der Waals surface area (Å²) >= 11 is 3.76. The molecule has 0 aliphatic carbocycles. The van der Waals surface area contributed by atoms with E-state index in [1.54, 1.807) is 0 Å². The smallest absolute Gasteiger partial charge is 0.0283 e. The Hall–Kier alpha value is -2.12. The SMILES string of the molecule is Cc1ccc(C(/C=C(/Br)c2ccccc2)c2ccccc2)cc1. The standard InChI is InChI=1S/C22H19Br/c1-17-12-14-19(15-13-17)21(18-8-4-2-5-9-18)16-22(23)20-10-6-3-7-11-20/h2-16,21H,1H3/b22-16+. The predicted octanol–water partition coefficient (Wildman–Crippen LogP) is 6.56. The van der Waals surface area contributed by atoms with Gasteiger partial charge in [-0.25, -0.2) is 0 Å². The van der Waals surface area contributed by atoms with Gasteiger partial charge < -0.3 is 0 Å². The van der Waals surface area contributed by atoms with E-state index in [4.69, 9.17) is 0 Å². The summed E-state index contributed by atoms with van der Waals surface area (Å²) in [6.07, 6.45) is 2.29. The zero-order valence-corrected chi connectivity index (χ0v) is 14.7. The van der Waals surface area contributed by atoms with Gasteiger partial charge in [-0.2, -0.15) is 0 Å². The lowest BCUT2D eigenvalue weighted by Gasteiger charge is -2.16. The van der Waals surface area contributed by atoms with Crippen LogP contribution in [0.25, 0.3) is 4.48 Å². The quantitative estimate of drug-likeness (QED) is 0.492. The van der Waals surface area contributed by atoms with Gasteiger partial charge in [0, 0.05) is 10.4 Å². The molecule has 0 aromatic heterocycles. The zero-order chi connectivity index (χ0) is 16.1. The number of allylic oxidation sites excluding steroid dienone is 1. The van der Waals surface area contributed by atoms with Crippen molar-refractivity contribution in [2.75, 3.05) is 0 Å². The first-order valence-electron chi connectivity index (χ1n) is 7.78. The summed E-state index contributed by atoms with van der Waals surface area (Å²) in [6, 6.07) is 29.8. The summed E-state index contributed by atoms with van der Waals surface area (Å²) in [6.45, 7) is 2.12. The Morgan fingerprint density at radius 3 is 1.87 bits per heavy atom. The molecular weight excluding hydrogens is 344 g/mol. The van der Waals surface area contributed by atoms with Crippen molar-refractivity contribution in [2.45, 2.75) is 12.8 Å². The van der Waals surface area contributed by atoms with Gasteiger partial charge in [0.15, 0.2) is 0 Å². The van der Waals surface area contributed by atoms with E-state index in [9.17, 15) is 0 Å². The molecule has 0 heterocycles. The third-order valence-electron chi connectivity index (χ3n) is 3.96. The number of aryl methyl sites for hydroxylation is 1. The first kappa shape index (κ1) is 15.8. The Bertz CT molecular complexity index is 771. The lowest BCUT2D eigenvalue weighted by molar-refractivity contribution is 1.03. The van der Waals surface area contributed by atoms with Gasteiger partial charge in [-0.1, -0.05) is 112 Å². The fourth-order valence-corrected chi connectivity index (χ4v) is 3.19. The summed E-state index contributed by atoms with van der Waals surface area (Å²) < 4.78 is 1.12. The number of rotatable bonds is 4. The van der Waals surface area contributed by atoms with Gasteiger partial charge in [-0.3, -0.25) is 0 Å². The predicted molar refractivity (Wildman–Crippen MR) is 103 cm³/mol. The second-order valence-electron chi connectivity index (χ2n) is 5.68. The molecule has 23 heavy (non-hydrogen) atoms. The van der Waals surface area contributed by atoms with Crippen LogP contribution in [0.3, 0.4) is 0 Å². The second kappa shape index (κ2) is 7.43. The van der Waals surface area contributed by atoms with Crippen LogP contribution in [-0.2, 0) is 0 Å². The van der Waals surface area contributed by atoms with E-state index in [-0.39, 0.29) is 5.92 Å². The van der Waals surface area contributed by atoms with Crippen molar-refractivity contribution in [1.29, 1.82) is 0 Å². The molecule has 114 valence electrons. The van der Waals surface area contributed by atoms with Crippen molar-refractivity contribution in [3.8, 4) is 0 Å². The Kier molecular flexibility index (Phi) is 5.09. The molecule has 1 heteroatoms. The molecule has 0 saturated carbocycles. The summed E-state index contributed by atoms with van der Waals surface area (Å²) in [7, 11) is 0. The molecule has 0 aliphatic rings. The van der Waals surface area contributed by atoms with Crippen molar-refractivity contribution in [1.82, 2.24) is 0 Å². The molecule has 0 aliphatic heterocycles. The maximum absolute atomic E-state index is 3.76. The van der Waals surface area contributed by atoms with Crippen LogP contribution in [0.15, 0.2) is 91.0 Å². The summed E-state index contributed by atoms with van der Waals surface area (Å²) in [5.41, 5.74) is 5.08. The molecule has 1 atom stereocenters. The monoisotopic (exact) mass is 362 g/mol. The minimum Gasteiger partial charge on any atom is -0.0622 e. The van der Waals surface area contributed by atoms with Crippen molar-refractivity contribution < 1.29 is 0 Å². The number of hydrogen-bond donors (Lipinski definition) is 0. The third-order valence-corrected chi connectivity index (χ3v) is 4.68. The minimum atomic E-state index is 0.228. The van der Waals surface area contributed by atoms with E-state index in [0.29, 0.717) is 0 Å². The highest BCUT2D eigenvalue weighted by Crippen LogP contribution is 2.32. The second-order valence-corrected chi connectivity index (χ2v) is 6.53. The normalized spacial score (nSPS) is 12.9. The van der Waals surface area contributed by atoms with Crippen LogP contribution >= 0.6 is 15.9 Å². The van der Waals surface area contributed by atoms with Gasteiger partial charge >= 0.3 is 0 Å². The number of hydrogen-bond acceptors (Lipinski definition) is 0. The van der Waals surface area contributed by atoms with Gasteiger partial charge in [-0.05, 0) is 23.6 Å². The zero-order valence-electron chi connectivity index (χ0n) is 13.1. The Morgan fingerprint density at radius 2 is 1.26 bits per heavy atom. The molecule has 0 amide bonds. The van der Waals surface area contributed by atoms with Crippen molar-refractivity contribution in [3.63, 3.8) is 0 Å². The van der Waals surface area contributed by atoms with E-state index < -0.39 is 0 Å². The molecule has 3 aromatic carbocycles. The molecule has 0 bridgehead atoms. The van der Waals surface area contributed by atoms with E-state index in [1.165, 1.54) is 22.3 Å². The van der Waals surface area contributed by atoms with Crippen LogP contribution in [0.5, 0.6) is 0 Å². The van der Waals surface area contributed by atoms with Crippen LogP contribution in [0, 0.1) is 6.92 Å². The lowest BCUT2D eigenvalue weighted by Crippen LogP contribution is -1.98. The molecule has 1 unspecified atom stereocenters. The number of benzene rings is 3. The van der Waals surface area contributed by atoms with Gasteiger partial charge in [-0.15, -0.1) is 0 Å². The summed E-state index contributed by atoms with van der Waals surface area (Å²) in [5, 5.41) is 0. The summed E-state index contributed by atoms with van der Waals surface area (Å²) in [4.78, 5) is 0. The molecule has 3 rings (SSSR count). The average molecular weight is 363 g/mol. The maximum Gasteiger partial charge on any atom is 0.0283 e. The Labute approximate surface area is 146 Å².